The minimum Gasteiger partial charge on any atom is -0.459 e. The molecule has 0 spiro atoms. The summed E-state index contributed by atoms with van der Waals surface area (Å²) in [5.41, 5.74) is 2.90. The molecular formula is C47H44ClNO14. The fourth-order valence-electron chi connectivity index (χ4n) is 7.45. The van der Waals surface area contributed by atoms with E-state index in [1.807, 2.05) is 24.3 Å². The molecule has 5 aromatic carbocycles. The third-order valence-corrected chi connectivity index (χ3v) is 11.2. The van der Waals surface area contributed by atoms with E-state index in [4.69, 9.17) is 44.8 Å². The van der Waals surface area contributed by atoms with Crippen molar-refractivity contribution in [3.63, 3.8) is 0 Å². The molecule has 63 heavy (non-hydrogen) atoms. The molecular weight excluding hydrogens is 838 g/mol. The van der Waals surface area contributed by atoms with Crippen LogP contribution in [0.3, 0.4) is 0 Å². The summed E-state index contributed by atoms with van der Waals surface area (Å²) < 4.78 is 41.5. The molecule has 3 fully saturated rings. The van der Waals surface area contributed by atoms with Crippen LogP contribution < -0.4 is 5.32 Å². The van der Waals surface area contributed by atoms with Crippen molar-refractivity contribution in [1.29, 1.82) is 0 Å². The molecule has 11 atom stereocenters. The van der Waals surface area contributed by atoms with Crippen molar-refractivity contribution in [2.75, 3.05) is 18.5 Å². The fraction of sp³-hybridized carbons (Fsp3) is 0.298. The molecule has 1 amide bonds. The maximum absolute atomic E-state index is 13.2. The number of aliphatic hydroxyl groups is 4. The van der Waals surface area contributed by atoms with Gasteiger partial charge >= 0.3 is 5.97 Å². The minimum absolute atomic E-state index is 0.0329. The van der Waals surface area contributed by atoms with Gasteiger partial charge in [0, 0.05) is 22.3 Å². The lowest BCUT2D eigenvalue weighted by Crippen LogP contribution is -2.66. The molecule has 3 aliphatic heterocycles. The van der Waals surface area contributed by atoms with E-state index in [9.17, 15) is 34.8 Å². The topological polar surface area (TPSA) is 209 Å². The lowest BCUT2D eigenvalue weighted by atomic mass is 9.96. The average molecular weight is 882 g/mol. The van der Waals surface area contributed by atoms with Gasteiger partial charge in [0.05, 0.1) is 29.5 Å². The Morgan fingerprint density at radius 2 is 1.29 bits per heavy atom. The van der Waals surface area contributed by atoms with Gasteiger partial charge in [-0.15, -0.1) is 0 Å². The third kappa shape index (κ3) is 10.2. The zero-order valence-corrected chi connectivity index (χ0v) is 34.2. The molecule has 8 rings (SSSR count). The predicted octanol–water partition coefficient (Wildman–Crippen LogP) is 4.59. The number of ketones is 1. The zero-order valence-electron chi connectivity index (χ0n) is 33.4. The van der Waals surface area contributed by atoms with Crippen LogP contribution in [0.15, 0.2) is 133 Å². The lowest BCUT2D eigenvalue weighted by Gasteiger charge is -2.48. The lowest BCUT2D eigenvalue weighted by molar-refractivity contribution is -0.386. The molecule has 328 valence electrons. The van der Waals surface area contributed by atoms with Crippen molar-refractivity contribution in [3.05, 3.63) is 172 Å². The molecule has 3 saturated heterocycles. The average Bonchev–Trinajstić information content (AvgIpc) is 3.32. The van der Waals surface area contributed by atoms with E-state index >= 15 is 0 Å². The highest BCUT2D eigenvalue weighted by molar-refractivity contribution is 6.34. The molecule has 0 aliphatic carbocycles. The number of amides is 1. The highest BCUT2D eigenvalue weighted by Gasteiger charge is 2.53. The SMILES string of the molecule is O=C(Nc1cc(CO[C@@H]2O[C@H](COC(=O)c3ccccc3)[C@@H](O[C@H]3O[C@@H]4COC(c5ccccc5)O[C@H]4[C@H](O)[C@H]3O)[C@H](O)[C@H]2O)ccc1Cl)c1ccc(C(=O)c2ccccc2)cc1. The van der Waals surface area contributed by atoms with Crippen LogP contribution in [-0.2, 0) is 39.8 Å². The molecule has 1 unspecified atom stereocenters. The zero-order chi connectivity index (χ0) is 44.0. The molecule has 15 nitrogen and oxygen atoms in total. The van der Waals surface area contributed by atoms with E-state index in [1.165, 1.54) is 12.1 Å². The van der Waals surface area contributed by atoms with E-state index in [0.717, 1.165) is 0 Å². The molecule has 3 aliphatic rings. The van der Waals surface area contributed by atoms with Crippen LogP contribution in [0.2, 0.25) is 5.02 Å². The van der Waals surface area contributed by atoms with Crippen molar-refractivity contribution in [2.45, 2.75) is 74.3 Å². The third-order valence-electron chi connectivity index (χ3n) is 10.9. The fourth-order valence-corrected chi connectivity index (χ4v) is 7.61. The smallest absolute Gasteiger partial charge is 0.338 e. The Morgan fingerprint density at radius 3 is 1.98 bits per heavy atom. The maximum Gasteiger partial charge on any atom is 0.338 e. The van der Waals surface area contributed by atoms with Crippen molar-refractivity contribution < 1.29 is 68.0 Å². The molecule has 0 saturated carbocycles. The number of fused-ring (bicyclic) bond motifs is 1. The highest BCUT2D eigenvalue weighted by Crippen LogP contribution is 2.36. The van der Waals surface area contributed by atoms with Gasteiger partial charge in [-0.3, -0.25) is 9.59 Å². The number of rotatable bonds is 13. The van der Waals surface area contributed by atoms with E-state index in [0.29, 0.717) is 22.3 Å². The number of hydrogen-bond donors (Lipinski definition) is 5. The number of halogens is 1. The molecule has 5 N–H and O–H groups in total. The first kappa shape index (κ1) is 44.2. The largest absolute Gasteiger partial charge is 0.459 e. The summed E-state index contributed by atoms with van der Waals surface area (Å²) in [5.74, 6) is -1.38. The summed E-state index contributed by atoms with van der Waals surface area (Å²) in [7, 11) is 0. The standard InChI is InChI=1S/C47H44ClNO14/c48-32-21-16-26(22-33(32)49-43(55)29-19-17-28(18-20-29)36(50)27-10-4-1-5-11-27)23-58-46-39(53)37(51)42(34(60-46)24-57-44(56)30-12-6-2-7-13-30)63-47-40(54)38(52)41-35(61-47)25-59-45(62-41)31-14-8-3-9-15-31/h1-22,34-35,37-42,45-47,51-54H,23-25H2,(H,49,55)/t34-,35-,37-,38-,39-,40-,41-,42-,45?,46-,47-/m1/s1. The van der Waals surface area contributed by atoms with Crippen LogP contribution >= 0.6 is 11.6 Å². The van der Waals surface area contributed by atoms with Crippen LogP contribution in [0, 0.1) is 0 Å². The van der Waals surface area contributed by atoms with E-state index < -0.39 is 86.2 Å². The summed E-state index contributed by atoms with van der Waals surface area (Å²) in [6, 6.07) is 36.9. The van der Waals surface area contributed by atoms with Crippen LogP contribution in [0.4, 0.5) is 5.69 Å². The monoisotopic (exact) mass is 881 g/mol. The maximum atomic E-state index is 13.2. The predicted molar refractivity (Wildman–Crippen MR) is 223 cm³/mol. The number of hydrogen-bond acceptors (Lipinski definition) is 14. The quantitative estimate of drug-likeness (QED) is 0.0810. The number of ether oxygens (including phenoxy) is 7. The Bertz CT molecular complexity index is 2340. The molecule has 0 radical (unpaired) electrons. The normalized spacial score (nSPS) is 28.0. The first-order valence-electron chi connectivity index (χ1n) is 20.2. The van der Waals surface area contributed by atoms with E-state index in [2.05, 4.69) is 5.32 Å². The van der Waals surface area contributed by atoms with Gasteiger partial charge in [-0.05, 0) is 42.0 Å². The Kier molecular flexibility index (Phi) is 14.0. The number of anilines is 1. The van der Waals surface area contributed by atoms with Crippen molar-refractivity contribution >= 4 is 34.9 Å². The van der Waals surface area contributed by atoms with Crippen molar-refractivity contribution in [1.82, 2.24) is 0 Å². The Balaban J connectivity index is 0.929. The second-order valence-corrected chi connectivity index (χ2v) is 15.5. The van der Waals surface area contributed by atoms with Gasteiger partial charge in [-0.25, -0.2) is 4.79 Å². The van der Waals surface area contributed by atoms with E-state index in [-0.39, 0.29) is 40.8 Å². The first-order valence-corrected chi connectivity index (χ1v) is 20.6. The van der Waals surface area contributed by atoms with Gasteiger partial charge in [-0.1, -0.05) is 109 Å². The molecule has 5 aromatic rings. The number of esters is 1. The summed E-state index contributed by atoms with van der Waals surface area (Å²) in [6.07, 6.45) is -15.3. The summed E-state index contributed by atoms with van der Waals surface area (Å²) in [4.78, 5) is 39.0. The summed E-state index contributed by atoms with van der Waals surface area (Å²) >= 11 is 6.45. The van der Waals surface area contributed by atoms with Crippen LogP contribution in [-0.4, -0.2) is 113 Å². The van der Waals surface area contributed by atoms with Crippen LogP contribution in [0.25, 0.3) is 0 Å². The second-order valence-electron chi connectivity index (χ2n) is 15.1. The molecule has 0 bridgehead atoms. The Morgan fingerprint density at radius 1 is 0.667 bits per heavy atom. The Labute approximate surface area is 366 Å². The molecule has 0 aromatic heterocycles. The van der Waals surface area contributed by atoms with Gasteiger partial charge in [-0.2, -0.15) is 0 Å². The van der Waals surface area contributed by atoms with Gasteiger partial charge in [0.2, 0.25) is 0 Å². The number of nitrogens with one attached hydrogen (secondary N) is 1. The van der Waals surface area contributed by atoms with Crippen LogP contribution in [0.5, 0.6) is 0 Å². The van der Waals surface area contributed by atoms with Gasteiger partial charge in [0.15, 0.2) is 24.7 Å². The number of aliphatic hydroxyl groups excluding tert-OH is 4. The van der Waals surface area contributed by atoms with Gasteiger partial charge in [0.25, 0.3) is 5.91 Å². The van der Waals surface area contributed by atoms with Gasteiger partial charge < -0.3 is 58.9 Å². The van der Waals surface area contributed by atoms with Crippen LogP contribution in [0.1, 0.15) is 54.1 Å². The van der Waals surface area contributed by atoms with Gasteiger partial charge in [0.1, 0.15) is 55.4 Å². The van der Waals surface area contributed by atoms with Crippen molar-refractivity contribution in [3.8, 4) is 0 Å². The summed E-state index contributed by atoms with van der Waals surface area (Å²) in [6.45, 7) is -0.742. The van der Waals surface area contributed by atoms with Crippen molar-refractivity contribution in [2.24, 2.45) is 0 Å². The molecule has 3 heterocycles. The number of carbonyl (C=O) groups is 3. The number of benzene rings is 5. The Hall–Kier alpha value is -5.40. The summed E-state index contributed by atoms with van der Waals surface area (Å²) in [5, 5.41) is 48.2. The molecule has 16 heteroatoms. The minimum atomic E-state index is -1.76. The number of carbonyl (C=O) groups excluding carboxylic acids is 3. The van der Waals surface area contributed by atoms with E-state index in [1.54, 1.807) is 97.1 Å². The second kappa shape index (κ2) is 20.0. The highest BCUT2D eigenvalue weighted by atomic mass is 35.5. The first-order chi connectivity index (χ1) is 30.5.